The molecule has 0 radical (unpaired) electrons. The van der Waals surface area contributed by atoms with Gasteiger partial charge >= 0.3 is 114 Å². The fraction of sp³-hybridized carbons (Fsp3) is 0.500. The van der Waals surface area contributed by atoms with Crippen LogP contribution in [0.4, 0.5) is 0 Å². The van der Waals surface area contributed by atoms with Crippen molar-refractivity contribution in [1.29, 1.82) is 0 Å². The minimum atomic E-state index is -1.25. The zero-order chi connectivity index (χ0) is 12.0. The fourth-order valence-electron chi connectivity index (χ4n) is 1.24. The molecule has 0 saturated heterocycles. The summed E-state index contributed by atoms with van der Waals surface area (Å²) in [6.07, 6.45) is -0.000378. The molecule has 16 heavy (non-hydrogen) atoms. The van der Waals surface area contributed by atoms with Gasteiger partial charge in [0.2, 0.25) is 0 Å². The molecule has 1 unspecified atom stereocenters. The van der Waals surface area contributed by atoms with Crippen LogP contribution in [0.15, 0.2) is 30.3 Å². The first kappa shape index (κ1) is 14.4. The Labute approximate surface area is 113 Å². The number of benzene rings is 1. The van der Waals surface area contributed by atoms with E-state index in [0.29, 0.717) is 0 Å². The molecule has 0 N–H and O–H groups in total. The molecule has 0 fully saturated rings. The molecule has 1 atom stereocenters. The number of hydrogen-bond donors (Lipinski definition) is 0. The predicted octanol–water partition coefficient (Wildman–Crippen LogP) is 4.13. The zero-order valence-electron chi connectivity index (χ0n) is 10.1. The normalized spacial score (nSPS) is 13.2. The van der Waals surface area contributed by atoms with Gasteiger partial charge in [-0.2, -0.15) is 0 Å². The molecule has 0 heterocycles. The van der Waals surface area contributed by atoms with Crippen molar-refractivity contribution in [3.05, 3.63) is 35.9 Å². The molecule has 2 nitrogen and oxygen atoms in total. The Kier molecular flexibility index (Phi) is 6.26. The SMILES string of the molecule is CC(C)(C)OOC([CH2][Hg][Cl])c1ccccc1. The van der Waals surface area contributed by atoms with Crippen molar-refractivity contribution in [2.45, 2.75) is 36.4 Å². The van der Waals surface area contributed by atoms with Crippen molar-refractivity contribution >= 4 is 8.25 Å². The van der Waals surface area contributed by atoms with E-state index in [2.05, 4.69) is 12.1 Å². The molecule has 86 valence electrons. The van der Waals surface area contributed by atoms with E-state index in [9.17, 15) is 0 Å². The van der Waals surface area contributed by atoms with Gasteiger partial charge in [-0.25, -0.2) is 0 Å². The molecule has 1 aromatic carbocycles. The third-order valence-electron chi connectivity index (χ3n) is 1.96. The first-order chi connectivity index (χ1) is 7.53. The van der Waals surface area contributed by atoms with Crippen LogP contribution in [0.3, 0.4) is 0 Å². The van der Waals surface area contributed by atoms with Gasteiger partial charge in [0.15, 0.2) is 0 Å². The summed E-state index contributed by atoms with van der Waals surface area (Å²) in [6.45, 7) is 5.92. The van der Waals surface area contributed by atoms with E-state index in [1.165, 1.54) is 0 Å². The monoisotopic (exact) mass is 430 g/mol. The summed E-state index contributed by atoms with van der Waals surface area (Å²) < 4.78 is 0.960. The average molecular weight is 429 g/mol. The first-order valence-corrected chi connectivity index (χ1v) is 16.1. The second-order valence-corrected chi connectivity index (χ2v) is 11.7. The Morgan fingerprint density at radius 1 is 1.25 bits per heavy atom. The van der Waals surface area contributed by atoms with Crippen LogP contribution in [0.25, 0.3) is 0 Å². The van der Waals surface area contributed by atoms with E-state index in [4.69, 9.17) is 18.0 Å². The molecule has 0 amide bonds. The van der Waals surface area contributed by atoms with Crippen molar-refractivity contribution in [2.24, 2.45) is 0 Å². The van der Waals surface area contributed by atoms with Gasteiger partial charge in [0, 0.05) is 0 Å². The van der Waals surface area contributed by atoms with Crippen LogP contribution in [0.1, 0.15) is 32.4 Å². The van der Waals surface area contributed by atoms with Crippen molar-refractivity contribution in [1.82, 2.24) is 0 Å². The van der Waals surface area contributed by atoms with E-state index in [1.807, 2.05) is 39.0 Å². The summed E-state index contributed by atoms with van der Waals surface area (Å²) in [7, 11) is 5.98. The Morgan fingerprint density at radius 2 is 1.88 bits per heavy atom. The second kappa shape index (κ2) is 6.95. The Bertz CT molecular complexity index is 298. The molecular formula is C12H17ClHgO2. The maximum absolute atomic E-state index is 5.98. The molecule has 0 aromatic heterocycles. The van der Waals surface area contributed by atoms with Crippen molar-refractivity contribution < 1.29 is 33.1 Å². The molecule has 0 aliphatic carbocycles. The summed E-state index contributed by atoms with van der Waals surface area (Å²) in [5, 5.41) is 0. The fourth-order valence-corrected chi connectivity index (χ4v) is 5.42. The molecule has 0 saturated carbocycles. The third kappa shape index (κ3) is 5.62. The molecule has 1 aromatic rings. The van der Waals surface area contributed by atoms with Crippen LogP contribution in [-0.2, 0) is 33.1 Å². The van der Waals surface area contributed by atoms with Crippen molar-refractivity contribution in [3.8, 4) is 0 Å². The van der Waals surface area contributed by atoms with E-state index >= 15 is 0 Å². The summed E-state index contributed by atoms with van der Waals surface area (Å²) in [5.74, 6) is 0. The zero-order valence-corrected chi connectivity index (χ0v) is 16.3. The van der Waals surface area contributed by atoms with E-state index in [1.54, 1.807) is 0 Å². The van der Waals surface area contributed by atoms with Gasteiger partial charge in [0.1, 0.15) is 0 Å². The van der Waals surface area contributed by atoms with E-state index in [-0.39, 0.29) is 11.7 Å². The van der Waals surface area contributed by atoms with Gasteiger partial charge in [0.25, 0.3) is 0 Å². The van der Waals surface area contributed by atoms with Crippen LogP contribution in [0.2, 0.25) is 3.93 Å². The summed E-state index contributed by atoms with van der Waals surface area (Å²) in [5.41, 5.74) is 0.864. The Morgan fingerprint density at radius 3 is 2.38 bits per heavy atom. The van der Waals surface area contributed by atoms with Crippen LogP contribution in [0.5, 0.6) is 0 Å². The Hall–Kier alpha value is 0.365. The van der Waals surface area contributed by atoms with Gasteiger partial charge in [-0.3, -0.25) is 0 Å². The average Bonchev–Trinajstić information content (AvgIpc) is 2.24. The standard InChI is InChI=1S/C12H17O2.ClH.Hg/c1-10(13-14-12(2,3)4)11-8-6-5-7-9-11;;/h5-10H,1H2,2-4H3;1H;/q;;+1/p-1. The van der Waals surface area contributed by atoms with Crippen LogP contribution >= 0.6 is 8.25 Å². The molecule has 4 heteroatoms. The second-order valence-electron chi connectivity index (χ2n) is 4.67. The molecule has 1 rings (SSSR count). The third-order valence-corrected chi connectivity index (χ3v) is 6.76. The van der Waals surface area contributed by atoms with Gasteiger partial charge in [-0.05, 0) is 0 Å². The number of hydrogen-bond acceptors (Lipinski definition) is 2. The molecule has 0 aliphatic heterocycles. The quantitative estimate of drug-likeness (QED) is 0.398. The van der Waals surface area contributed by atoms with E-state index < -0.39 is 23.3 Å². The molecular weight excluding hydrogens is 412 g/mol. The summed E-state index contributed by atoms with van der Waals surface area (Å²) >= 11 is -1.25. The van der Waals surface area contributed by atoms with Gasteiger partial charge in [-0.15, -0.1) is 0 Å². The predicted molar refractivity (Wildman–Crippen MR) is 61.8 cm³/mol. The molecule has 0 spiro atoms. The number of rotatable bonds is 5. The first-order valence-electron chi connectivity index (χ1n) is 5.48. The topological polar surface area (TPSA) is 18.5 Å². The van der Waals surface area contributed by atoms with Gasteiger partial charge < -0.3 is 0 Å². The minimum absolute atomic E-state index is 0.000378. The van der Waals surface area contributed by atoms with Crippen LogP contribution in [-0.4, -0.2) is 5.60 Å². The van der Waals surface area contributed by atoms with Crippen LogP contribution in [0, 0.1) is 0 Å². The number of halogens is 1. The maximum atomic E-state index is 5.98. The van der Waals surface area contributed by atoms with E-state index in [0.717, 1.165) is 9.49 Å². The molecule has 0 bridgehead atoms. The van der Waals surface area contributed by atoms with Gasteiger partial charge in [-0.1, -0.05) is 0 Å². The summed E-state index contributed by atoms with van der Waals surface area (Å²) in [6, 6.07) is 10.1. The van der Waals surface area contributed by atoms with Gasteiger partial charge in [0.05, 0.1) is 0 Å². The summed E-state index contributed by atoms with van der Waals surface area (Å²) in [4.78, 5) is 10.9. The van der Waals surface area contributed by atoms with Crippen molar-refractivity contribution in [3.63, 3.8) is 0 Å². The molecule has 0 aliphatic rings. The van der Waals surface area contributed by atoms with Crippen LogP contribution < -0.4 is 0 Å². The Balaban J connectivity index is 2.61. The van der Waals surface area contributed by atoms with Crippen molar-refractivity contribution in [2.75, 3.05) is 0 Å².